The maximum absolute atomic E-state index is 13.2. The Morgan fingerprint density at radius 2 is 1.91 bits per heavy atom. The second kappa shape index (κ2) is 10.3. The van der Waals surface area contributed by atoms with E-state index in [0.717, 1.165) is 42.8 Å². The molecular formula is C27H33ClN4O3. The van der Waals surface area contributed by atoms with Gasteiger partial charge in [-0.1, -0.05) is 43.0 Å². The SMILES string of the molecule is CC(C)(C)Nc1c(-c2cccc(Cl)c2)nc2cc(C(=O)NC(CC(=O)O)C3CCCCC3)ccn12. The van der Waals surface area contributed by atoms with Crippen LogP contribution in [0.5, 0.6) is 0 Å². The normalized spacial score (nSPS) is 15.7. The number of hydrogen-bond donors (Lipinski definition) is 3. The zero-order chi connectivity index (χ0) is 25.2. The van der Waals surface area contributed by atoms with Crippen molar-refractivity contribution >= 4 is 34.9 Å². The first-order valence-corrected chi connectivity index (χ1v) is 12.6. The van der Waals surface area contributed by atoms with E-state index in [9.17, 15) is 14.7 Å². The van der Waals surface area contributed by atoms with Gasteiger partial charge in [0.1, 0.15) is 17.2 Å². The fourth-order valence-corrected chi connectivity index (χ4v) is 5.00. The number of fused-ring (bicyclic) bond motifs is 1. The number of hydrogen-bond acceptors (Lipinski definition) is 4. The second-order valence-electron chi connectivity index (χ2n) is 10.4. The summed E-state index contributed by atoms with van der Waals surface area (Å²) in [4.78, 5) is 29.5. The summed E-state index contributed by atoms with van der Waals surface area (Å²) >= 11 is 6.24. The molecule has 1 amide bonds. The Bertz CT molecular complexity index is 1220. The van der Waals surface area contributed by atoms with Gasteiger partial charge in [-0.15, -0.1) is 0 Å². The molecule has 1 saturated carbocycles. The number of rotatable bonds is 7. The highest BCUT2D eigenvalue weighted by molar-refractivity contribution is 6.30. The highest BCUT2D eigenvalue weighted by Gasteiger charge is 2.28. The van der Waals surface area contributed by atoms with E-state index < -0.39 is 5.97 Å². The summed E-state index contributed by atoms with van der Waals surface area (Å²) in [6, 6.07) is 10.6. The quantitative estimate of drug-likeness (QED) is 0.371. The van der Waals surface area contributed by atoms with Gasteiger partial charge >= 0.3 is 5.97 Å². The third-order valence-electron chi connectivity index (χ3n) is 6.41. The summed E-state index contributed by atoms with van der Waals surface area (Å²) in [5.41, 5.74) is 2.47. The smallest absolute Gasteiger partial charge is 0.305 e. The van der Waals surface area contributed by atoms with E-state index in [1.165, 1.54) is 6.42 Å². The van der Waals surface area contributed by atoms with Gasteiger partial charge in [0, 0.05) is 33.9 Å². The Hall–Kier alpha value is -3.06. The minimum Gasteiger partial charge on any atom is -0.481 e. The molecule has 7 nitrogen and oxygen atoms in total. The first kappa shape index (κ1) is 25.0. The van der Waals surface area contributed by atoms with Crippen LogP contribution in [-0.2, 0) is 4.79 Å². The van der Waals surface area contributed by atoms with E-state index in [2.05, 4.69) is 31.4 Å². The molecule has 1 fully saturated rings. The van der Waals surface area contributed by atoms with Crippen LogP contribution in [0.3, 0.4) is 0 Å². The number of nitrogens with one attached hydrogen (secondary N) is 2. The molecule has 1 aliphatic carbocycles. The molecule has 1 atom stereocenters. The molecule has 35 heavy (non-hydrogen) atoms. The van der Waals surface area contributed by atoms with Crippen LogP contribution in [0.15, 0.2) is 42.6 Å². The molecular weight excluding hydrogens is 464 g/mol. The lowest BCUT2D eigenvalue weighted by atomic mass is 9.82. The molecule has 0 spiro atoms. The van der Waals surface area contributed by atoms with Crippen molar-refractivity contribution in [3.8, 4) is 11.3 Å². The minimum absolute atomic E-state index is 0.0689. The number of halogens is 1. The minimum atomic E-state index is -0.895. The topological polar surface area (TPSA) is 95.7 Å². The summed E-state index contributed by atoms with van der Waals surface area (Å²) in [7, 11) is 0. The van der Waals surface area contributed by atoms with Gasteiger partial charge in [-0.3, -0.25) is 14.0 Å². The van der Waals surface area contributed by atoms with Gasteiger partial charge in [0.25, 0.3) is 5.91 Å². The summed E-state index contributed by atoms with van der Waals surface area (Å²) in [5, 5.41) is 16.6. The number of nitrogens with zero attached hydrogens (tertiary/aromatic N) is 2. The van der Waals surface area contributed by atoms with E-state index in [0.29, 0.717) is 16.2 Å². The molecule has 2 aromatic heterocycles. The number of carbonyl (C=O) groups excluding carboxylic acids is 1. The Balaban J connectivity index is 1.67. The lowest BCUT2D eigenvalue weighted by Crippen LogP contribution is -2.42. The average Bonchev–Trinajstić information content (AvgIpc) is 3.15. The van der Waals surface area contributed by atoms with Gasteiger partial charge < -0.3 is 15.7 Å². The number of carbonyl (C=O) groups is 2. The molecule has 186 valence electrons. The summed E-state index contributed by atoms with van der Waals surface area (Å²) < 4.78 is 1.92. The van der Waals surface area contributed by atoms with E-state index in [-0.39, 0.29) is 29.8 Å². The highest BCUT2D eigenvalue weighted by Crippen LogP contribution is 2.33. The van der Waals surface area contributed by atoms with Crippen LogP contribution in [0, 0.1) is 5.92 Å². The van der Waals surface area contributed by atoms with Crippen molar-refractivity contribution in [1.82, 2.24) is 14.7 Å². The standard InChI is InChI=1S/C27H33ClN4O3/c1-27(2,3)31-25-24(18-10-7-11-20(28)14-18)30-22-15-19(12-13-32(22)25)26(35)29-21(16-23(33)34)17-8-5-4-6-9-17/h7,10-15,17,21,31H,4-6,8-9,16H2,1-3H3,(H,29,35)(H,33,34). The van der Waals surface area contributed by atoms with Crippen LogP contribution in [-0.4, -0.2) is 37.9 Å². The average molecular weight is 497 g/mol. The molecule has 1 unspecified atom stereocenters. The Labute approximate surface area is 210 Å². The van der Waals surface area contributed by atoms with Crippen LogP contribution in [0.1, 0.15) is 69.7 Å². The lowest BCUT2D eigenvalue weighted by Gasteiger charge is -2.30. The largest absolute Gasteiger partial charge is 0.481 e. The van der Waals surface area contributed by atoms with Crippen LogP contribution >= 0.6 is 11.6 Å². The Morgan fingerprint density at radius 1 is 1.17 bits per heavy atom. The van der Waals surface area contributed by atoms with Crippen LogP contribution in [0.25, 0.3) is 16.9 Å². The summed E-state index contributed by atoms with van der Waals surface area (Å²) in [5.74, 6) is -0.167. The van der Waals surface area contributed by atoms with Crippen molar-refractivity contribution < 1.29 is 14.7 Å². The molecule has 8 heteroatoms. The number of carboxylic acid groups (broad SMARTS) is 1. The van der Waals surface area contributed by atoms with Crippen LogP contribution in [0.4, 0.5) is 5.82 Å². The number of anilines is 1. The van der Waals surface area contributed by atoms with Gasteiger partial charge in [0.2, 0.25) is 0 Å². The van der Waals surface area contributed by atoms with E-state index in [4.69, 9.17) is 16.6 Å². The Morgan fingerprint density at radius 3 is 2.57 bits per heavy atom. The second-order valence-corrected chi connectivity index (χ2v) is 10.9. The van der Waals surface area contributed by atoms with Crippen molar-refractivity contribution in [2.24, 2.45) is 5.92 Å². The monoisotopic (exact) mass is 496 g/mol. The number of pyridine rings is 1. The molecule has 1 aromatic carbocycles. The van der Waals surface area contributed by atoms with Crippen LogP contribution < -0.4 is 10.6 Å². The lowest BCUT2D eigenvalue weighted by molar-refractivity contribution is -0.137. The molecule has 2 heterocycles. The number of amides is 1. The molecule has 1 aliphatic rings. The highest BCUT2D eigenvalue weighted by atomic mass is 35.5. The predicted molar refractivity (Wildman–Crippen MR) is 139 cm³/mol. The van der Waals surface area contributed by atoms with Crippen molar-refractivity contribution in [2.45, 2.75) is 70.9 Å². The first-order valence-electron chi connectivity index (χ1n) is 12.2. The van der Waals surface area contributed by atoms with Gasteiger partial charge in [-0.2, -0.15) is 0 Å². The molecule has 3 aromatic rings. The van der Waals surface area contributed by atoms with Gasteiger partial charge in [-0.25, -0.2) is 4.98 Å². The van der Waals surface area contributed by atoms with E-state index in [1.54, 1.807) is 12.1 Å². The number of aromatic nitrogens is 2. The molecule has 0 saturated heterocycles. The maximum atomic E-state index is 13.2. The number of imidazole rings is 1. The van der Waals surface area contributed by atoms with E-state index in [1.807, 2.05) is 34.9 Å². The van der Waals surface area contributed by atoms with E-state index >= 15 is 0 Å². The number of carboxylic acids is 1. The van der Waals surface area contributed by atoms with Crippen molar-refractivity contribution in [3.63, 3.8) is 0 Å². The molecule has 3 N–H and O–H groups in total. The van der Waals surface area contributed by atoms with Crippen LogP contribution in [0.2, 0.25) is 5.02 Å². The molecule has 0 radical (unpaired) electrons. The van der Waals surface area contributed by atoms with Gasteiger partial charge in [-0.05, 0) is 63.8 Å². The third-order valence-corrected chi connectivity index (χ3v) is 6.64. The maximum Gasteiger partial charge on any atom is 0.305 e. The van der Waals surface area contributed by atoms with Gasteiger partial charge in [0.05, 0.1) is 6.42 Å². The summed E-state index contributed by atoms with van der Waals surface area (Å²) in [6.07, 6.45) is 6.97. The summed E-state index contributed by atoms with van der Waals surface area (Å²) in [6.45, 7) is 6.22. The number of aliphatic carboxylic acids is 1. The fourth-order valence-electron chi connectivity index (χ4n) is 4.81. The number of benzene rings is 1. The molecule has 4 rings (SSSR count). The van der Waals surface area contributed by atoms with Crippen molar-refractivity contribution in [3.05, 3.63) is 53.2 Å². The van der Waals surface area contributed by atoms with Crippen molar-refractivity contribution in [1.29, 1.82) is 0 Å². The van der Waals surface area contributed by atoms with Crippen molar-refractivity contribution in [2.75, 3.05) is 5.32 Å². The van der Waals surface area contributed by atoms with Gasteiger partial charge in [0.15, 0.2) is 0 Å². The molecule has 0 aliphatic heterocycles. The first-order chi connectivity index (χ1) is 16.6. The molecule has 0 bridgehead atoms. The Kier molecular flexibility index (Phi) is 7.36. The zero-order valence-corrected chi connectivity index (χ0v) is 21.2. The fraction of sp³-hybridized carbons (Fsp3) is 0.444. The predicted octanol–water partition coefficient (Wildman–Crippen LogP) is 6.02. The third kappa shape index (κ3) is 6.14. The zero-order valence-electron chi connectivity index (χ0n) is 20.5.